The molecular formula is C14H13ClN2O. The number of hydrogen-bond acceptors (Lipinski definition) is 1. The first-order valence-electron chi connectivity index (χ1n) is 5.59. The molecular weight excluding hydrogens is 248 g/mol. The van der Waals surface area contributed by atoms with E-state index in [1.807, 2.05) is 48.5 Å². The maximum Gasteiger partial charge on any atom is 0.319 e. The van der Waals surface area contributed by atoms with Crippen LogP contribution in [0.1, 0.15) is 5.56 Å². The summed E-state index contributed by atoms with van der Waals surface area (Å²) in [4.78, 5) is 11.6. The van der Waals surface area contributed by atoms with Crippen LogP contribution in [0.2, 0.25) is 5.02 Å². The van der Waals surface area contributed by atoms with Gasteiger partial charge >= 0.3 is 6.03 Å². The number of halogens is 1. The fourth-order valence-electron chi connectivity index (χ4n) is 1.51. The minimum atomic E-state index is -0.249. The summed E-state index contributed by atoms with van der Waals surface area (Å²) in [6, 6.07) is 16.5. The number of para-hydroxylation sites is 1. The molecule has 0 aromatic heterocycles. The first-order valence-corrected chi connectivity index (χ1v) is 5.97. The highest BCUT2D eigenvalue weighted by molar-refractivity contribution is 6.31. The van der Waals surface area contributed by atoms with Gasteiger partial charge in [0.2, 0.25) is 0 Å². The SMILES string of the molecule is O=C(NCc1ccccc1Cl)Nc1ccccc1. The Balaban J connectivity index is 1.88. The van der Waals surface area contributed by atoms with E-state index in [0.717, 1.165) is 11.3 Å². The maximum absolute atomic E-state index is 11.6. The molecule has 0 heterocycles. The topological polar surface area (TPSA) is 41.1 Å². The second-order valence-corrected chi connectivity index (χ2v) is 4.17. The van der Waals surface area contributed by atoms with Crippen LogP contribution in [0.3, 0.4) is 0 Å². The Morgan fingerprint density at radius 1 is 1.00 bits per heavy atom. The van der Waals surface area contributed by atoms with Gasteiger partial charge in [-0.05, 0) is 23.8 Å². The van der Waals surface area contributed by atoms with E-state index in [9.17, 15) is 4.79 Å². The summed E-state index contributed by atoms with van der Waals surface area (Å²) >= 11 is 6.00. The number of rotatable bonds is 3. The molecule has 2 amide bonds. The van der Waals surface area contributed by atoms with Crippen LogP contribution < -0.4 is 10.6 Å². The summed E-state index contributed by atoms with van der Waals surface area (Å²) in [5.41, 5.74) is 1.65. The summed E-state index contributed by atoms with van der Waals surface area (Å²) < 4.78 is 0. The van der Waals surface area contributed by atoms with Crippen LogP contribution in [0.5, 0.6) is 0 Å². The normalized spacial score (nSPS) is 9.83. The summed E-state index contributed by atoms with van der Waals surface area (Å²) in [6.07, 6.45) is 0. The zero-order valence-corrected chi connectivity index (χ0v) is 10.4. The van der Waals surface area contributed by atoms with E-state index in [-0.39, 0.29) is 6.03 Å². The van der Waals surface area contributed by atoms with Gasteiger partial charge in [0.05, 0.1) is 0 Å². The lowest BCUT2D eigenvalue weighted by Crippen LogP contribution is -2.28. The van der Waals surface area contributed by atoms with Crippen molar-refractivity contribution in [1.82, 2.24) is 5.32 Å². The molecule has 18 heavy (non-hydrogen) atoms. The number of urea groups is 1. The van der Waals surface area contributed by atoms with Crippen molar-refractivity contribution in [3.63, 3.8) is 0 Å². The highest BCUT2D eigenvalue weighted by Gasteiger charge is 2.03. The monoisotopic (exact) mass is 260 g/mol. The minimum absolute atomic E-state index is 0.249. The lowest BCUT2D eigenvalue weighted by atomic mass is 10.2. The van der Waals surface area contributed by atoms with Crippen molar-refractivity contribution in [2.75, 3.05) is 5.32 Å². The third-order valence-corrected chi connectivity index (χ3v) is 2.80. The van der Waals surface area contributed by atoms with Gasteiger partial charge in [0.25, 0.3) is 0 Å². The van der Waals surface area contributed by atoms with Gasteiger partial charge in [-0.15, -0.1) is 0 Å². The van der Waals surface area contributed by atoms with Crippen molar-refractivity contribution < 1.29 is 4.79 Å². The molecule has 3 nitrogen and oxygen atoms in total. The first kappa shape index (κ1) is 12.5. The molecule has 2 N–H and O–H groups in total. The van der Waals surface area contributed by atoms with Crippen LogP contribution in [0.15, 0.2) is 54.6 Å². The lowest BCUT2D eigenvalue weighted by Gasteiger charge is -2.08. The van der Waals surface area contributed by atoms with Gasteiger partial charge in [-0.2, -0.15) is 0 Å². The van der Waals surface area contributed by atoms with E-state index in [1.54, 1.807) is 6.07 Å². The average molecular weight is 261 g/mol. The summed E-state index contributed by atoms with van der Waals surface area (Å²) in [5.74, 6) is 0. The smallest absolute Gasteiger partial charge is 0.319 e. The Kier molecular flexibility index (Phi) is 4.20. The van der Waals surface area contributed by atoms with Crippen molar-refractivity contribution in [1.29, 1.82) is 0 Å². The van der Waals surface area contributed by atoms with Crippen molar-refractivity contribution >= 4 is 23.3 Å². The van der Waals surface area contributed by atoms with E-state index in [2.05, 4.69) is 10.6 Å². The zero-order chi connectivity index (χ0) is 12.8. The predicted molar refractivity (Wildman–Crippen MR) is 73.8 cm³/mol. The zero-order valence-electron chi connectivity index (χ0n) is 9.69. The molecule has 0 aliphatic heterocycles. The molecule has 0 radical (unpaired) electrons. The second kappa shape index (κ2) is 6.07. The summed E-state index contributed by atoms with van der Waals surface area (Å²) in [6.45, 7) is 0.401. The Morgan fingerprint density at radius 3 is 2.39 bits per heavy atom. The fourth-order valence-corrected chi connectivity index (χ4v) is 1.72. The van der Waals surface area contributed by atoms with E-state index >= 15 is 0 Å². The average Bonchev–Trinajstić information content (AvgIpc) is 2.39. The van der Waals surface area contributed by atoms with Crippen LogP contribution in [-0.4, -0.2) is 6.03 Å². The molecule has 0 unspecified atom stereocenters. The van der Waals surface area contributed by atoms with Crippen LogP contribution in [0.25, 0.3) is 0 Å². The van der Waals surface area contributed by atoms with Crippen LogP contribution >= 0.6 is 11.6 Å². The number of benzene rings is 2. The molecule has 2 aromatic carbocycles. The quantitative estimate of drug-likeness (QED) is 0.869. The first-order chi connectivity index (χ1) is 8.75. The van der Waals surface area contributed by atoms with Gasteiger partial charge in [-0.25, -0.2) is 4.79 Å². The molecule has 0 saturated carbocycles. The van der Waals surface area contributed by atoms with Crippen molar-refractivity contribution in [2.24, 2.45) is 0 Å². The van der Waals surface area contributed by atoms with Crippen molar-refractivity contribution in [2.45, 2.75) is 6.54 Å². The molecule has 92 valence electrons. The molecule has 4 heteroatoms. The Bertz CT molecular complexity index is 528. The molecule has 0 atom stereocenters. The summed E-state index contributed by atoms with van der Waals surface area (Å²) in [7, 11) is 0. The maximum atomic E-state index is 11.6. The highest BCUT2D eigenvalue weighted by Crippen LogP contribution is 2.14. The van der Waals surface area contributed by atoms with Gasteiger partial charge in [-0.1, -0.05) is 48.0 Å². The van der Waals surface area contributed by atoms with E-state index in [4.69, 9.17) is 11.6 Å². The molecule has 2 aromatic rings. The van der Waals surface area contributed by atoms with Crippen LogP contribution in [-0.2, 0) is 6.54 Å². The standard InChI is InChI=1S/C14H13ClN2O/c15-13-9-5-4-6-11(13)10-16-14(18)17-12-7-2-1-3-8-12/h1-9H,10H2,(H2,16,17,18). The third kappa shape index (κ3) is 3.50. The van der Waals surface area contributed by atoms with Crippen molar-refractivity contribution in [3.8, 4) is 0 Å². The predicted octanol–water partition coefficient (Wildman–Crippen LogP) is 3.66. The Morgan fingerprint density at radius 2 is 1.67 bits per heavy atom. The molecule has 0 fully saturated rings. The number of carbonyl (C=O) groups excluding carboxylic acids is 1. The van der Waals surface area contributed by atoms with Gasteiger partial charge in [0, 0.05) is 17.3 Å². The number of anilines is 1. The number of carbonyl (C=O) groups is 1. The van der Waals surface area contributed by atoms with Crippen LogP contribution in [0.4, 0.5) is 10.5 Å². The van der Waals surface area contributed by atoms with Crippen LogP contribution in [0, 0.1) is 0 Å². The fraction of sp³-hybridized carbons (Fsp3) is 0.0714. The van der Waals surface area contributed by atoms with Crippen molar-refractivity contribution in [3.05, 3.63) is 65.2 Å². The van der Waals surface area contributed by atoms with Gasteiger partial charge in [-0.3, -0.25) is 0 Å². The minimum Gasteiger partial charge on any atom is -0.334 e. The van der Waals surface area contributed by atoms with E-state index < -0.39 is 0 Å². The highest BCUT2D eigenvalue weighted by atomic mass is 35.5. The Hall–Kier alpha value is -2.00. The number of hydrogen-bond donors (Lipinski definition) is 2. The number of amides is 2. The summed E-state index contributed by atoms with van der Waals surface area (Å²) in [5, 5.41) is 6.14. The van der Waals surface area contributed by atoms with E-state index in [0.29, 0.717) is 11.6 Å². The van der Waals surface area contributed by atoms with Gasteiger partial charge in [0.15, 0.2) is 0 Å². The second-order valence-electron chi connectivity index (χ2n) is 3.77. The molecule has 0 spiro atoms. The molecule has 0 saturated heterocycles. The Labute approximate surface area is 111 Å². The van der Waals surface area contributed by atoms with Gasteiger partial charge in [0.1, 0.15) is 0 Å². The molecule has 0 bridgehead atoms. The number of nitrogens with one attached hydrogen (secondary N) is 2. The molecule has 0 aliphatic carbocycles. The lowest BCUT2D eigenvalue weighted by molar-refractivity contribution is 0.252. The third-order valence-electron chi connectivity index (χ3n) is 2.43. The van der Waals surface area contributed by atoms with Gasteiger partial charge < -0.3 is 10.6 Å². The molecule has 0 aliphatic rings. The molecule has 2 rings (SSSR count). The van der Waals surface area contributed by atoms with E-state index in [1.165, 1.54) is 0 Å². The largest absolute Gasteiger partial charge is 0.334 e.